The standard InChI is InChI=1S/C15H29N/c1-12(14-8-6-4-5-7-9-14)16-13(2)15(3)10-11-15/h12-14,16H,4-11H2,1-3H3/t12-,13?/m0/s1. The van der Waals surface area contributed by atoms with Crippen molar-refractivity contribution in [1.29, 1.82) is 0 Å². The Morgan fingerprint density at radius 1 is 1.00 bits per heavy atom. The number of hydrogen-bond acceptors (Lipinski definition) is 1. The van der Waals surface area contributed by atoms with E-state index >= 15 is 0 Å². The van der Waals surface area contributed by atoms with Gasteiger partial charge in [0.25, 0.3) is 0 Å². The highest BCUT2D eigenvalue weighted by molar-refractivity contribution is 4.97. The van der Waals surface area contributed by atoms with E-state index in [0.29, 0.717) is 11.5 Å². The molecular formula is C15H29N. The number of hydrogen-bond donors (Lipinski definition) is 1. The van der Waals surface area contributed by atoms with E-state index in [0.717, 1.165) is 12.0 Å². The maximum atomic E-state index is 3.88. The van der Waals surface area contributed by atoms with Crippen molar-refractivity contribution in [2.75, 3.05) is 0 Å². The summed E-state index contributed by atoms with van der Waals surface area (Å²) >= 11 is 0. The van der Waals surface area contributed by atoms with E-state index in [4.69, 9.17) is 0 Å². The first kappa shape index (κ1) is 12.4. The molecule has 0 aromatic heterocycles. The average Bonchev–Trinajstić information content (AvgIpc) is 3.02. The van der Waals surface area contributed by atoms with Crippen LogP contribution in [0.1, 0.15) is 72.1 Å². The highest BCUT2D eigenvalue weighted by Gasteiger charge is 2.43. The van der Waals surface area contributed by atoms with E-state index in [-0.39, 0.29) is 0 Å². The zero-order valence-electron chi connectivity index (χ0n) is 11.4. The Morgan fingerprint density at radius 2 is 1.56 bits per heavy atom. The van der Waals surface area contributed by atoms with Crippen LogP contribution in [0.25, 0.3) is 0 Å². The molecular weight excluding hydrogens is 194 g/mol. The summed E-state index contributed by atoms with van der Waals surface area (Å²) in [6.45, 7) is 7.24. The van der Waals surface area contributed by atoms with Crippen LogP contribution >= 0.6 is 0 Å². The first-order valence-corrected chi connectivity index (χ1v) is 7.38. The summed E-state index contributed by atoms with van der Waals surface area (Å²) < 4.78 is 0. The molecule has 0 saturated heterocycles. The maximum absolute atomic E-state index is 3.88. The van der Waals surface area contributed by atoms with E-state index in [2.05, 4.69) is 26.1 Å². The van der Waals surface area contributed by atoms with Gasteiger partial charge in [0, 0.05) is 12.1 Å². The molecule has 0 bridgehead atoms. The van der Waals surface area contributed by atoms with Crippen molar-refractivity contribution in [1.82, 2.24) is 5.32 Å². The Bertz CT molecular complexity index is 211. The predicted octanol–water partition coefficient (Wildman–Crippen LogP) is 4.12. The second-order valence-electron chi connectivity index (χ2n) is 6.58. The fraction of sp³-hybridized carbons (Fsp3) is 1.00. The van der Waals surface area contributed by atoms with Crippen LogP contribution < -0.4 is 5.32 Å². The third-order valence-corrected chi connectivity index (χ3v) is 5.20. The van der Waals surface area contributed by atoms with Gasteiger partial charge in [-0.1, -0.05) is 32.6 Å². The molecule has 0 radical (unpaired) electrons. The Balaban J connectivity index is 1.79. The molecule has 0 amide bonds. The fourth-order valence-corrected chi connectivity index (χ4v) is 3.17. The second-order valence-corrected chi connectivity index (χ2v) is 6.58. The van der Waals surface area contributed by atoms with Crippen LogP contribution in [0, 0.1) is 11.3 Å². The van der Waals surface area contributed by atoms with Gasteiger partial charge in [-0.3, -0.25) is 0 Å². The lowest BCUT2D eigenvalue weighted by Crippen LogP contribution is -2.43. The highest BCUT2D eigenvalue weighted by Crippen LogP contribution is 2.48. The van der Waals surface area contributed by atoms with Crippen molar-refractivity contribution in [3.8, 4) is 0 Å². The molecule has 94 valence electrons. The summed E-state index contributed by atoms with van der Waals surface area (Å²) in [4.78, 5) is 0. The van der Waals surface area contributed by atoms with E-state index in [1.807, 2.05) is 0 Å². The number of nitrogens with one attached hydrogen (secondary N) is 1. The third-order valence-electron chi connectivity index (χ3n) is 5.20. The van der Waals surface area contributed by atoms with Crippen LogP contribution in [0.3, 0.4) is 0 Å². The van der Waals surface area contributed by atoms with Gasteiger partial charge in [0.15, 0.2) is 0 Å². The van der Waals surface area contributed by atoms with Gasteiger partial charge < -0.3 is 5.32 Å². The van der Waals surface area contributed by atoms with Crippen molar-refractivity contribution in [3.05, 3.63) is 0 Å². The molecule has 1 nitrogen and oxygen atoms in total. The Kier molecular flexibility index (Phi) is 3.94. The van der Waals surface area contributed by atoms with E-state index in [9.17, 15) is 0 Å². The Labute approximate surface area is 101 Å². The summed E-state index contributed by atoms with van der Waals surface area (Å²) in [6.07, 6.45) is 11.6. The fourth-order valence-electron chi connectivity index (χ4n) is 3.17. The molecule has 0 heterocycles. The van der Waals surface area contributed by atoms with Crippen molar-refractivity contribution >= 4 is 0 Å². The minimum atomic E-state index is 0.624. The van der Waals surface area contributed by atoms with Crippen molar-refractivity contribution in [3.63, 3.8) is 0 Å². The lowest BCUT2D eigenvalue weighted by atomic mass is 9.91. The summed E-state index contributed by atoms with van der Waals surface area (Å²) in [5.74, 6) is 0.937. The molecule has 0 spiro atoms. The molecule has 1 N–H and O–H groups in total. The van der Waals surface area contributed by atoms with Gasteiger partial charge in [0.05, 0.1) is 0 Å². The molecule has 16 heavy (non-hydrogen) atoms. The van der Waals surface area contributed by atoms with Gasteiger partial charge in [-0.05, 0) is 50.9 Å². The number of rotatable bonds is 4. The molecule has 0 aromatic carbocycles. The van der Waals surface area contributed by atoms with Gasteiger partial charge in [-0.25, -0.2) is 0 Å². The molecule has 2 rings (SSSR count). The zero-order valence-corrected chi connectivity index (χ0v) is 11.4. The topological polar surface area (TPSA) is 12.0 Å². The van der Waals surface area contributed by atoms with Gasteiger partial charge >= 0.3 is 0 Å². The molecule has 0 aromatic rings. The molecule has 2 atom stereocenters. The summed E-state index contributed by atoms with van der Waals surface area (Å²) in [5.41, 5.74) is 0.624. The molecule has 2 fully saturated rings. The molecule has 1 heteroatoms. The first-order valence-electron chi connectivity index (χ1n) is 7.38. The predicted molar refractivity (Wildman–Crippen MR) is 70.6 cm³/mol. The molecule has 2 aliphatic rings. The lowest BCUT2D eigenvalue weighted by Gasteiger charge is -2.30. The minimum Gasteiger partial charge on any atom is -0.311 e. The first-order chi connectivity index (χ1) is 7.62. The highest BCUT2D eigenvalue weighted by atomic mass is 15.0. The summed E-state index contributed by atoms with van der Waals surface area (Å²) in [5, 5.41) is 3.88. The minimum absolute atomic E-state index is 0.624. The molecule has 1 unspecified atom stereocenters. The summed E-state index contributed by atoms with van der Waals surface area (Å²) in [6, 6.07) is 1.44. The maximum Gasteiger partial charge on any atom is 0.00951 e. The largest absolute Gasteiger partial charge is 0.311 e. The third kappa shape index (κ3) is 3.00. The van der Waals surface area contributed by atoms with Crippen LogP contribution in [0.2, 0.25) is 0 Å². The zero-order chi connectivity index (χ0) is 11.6. The second kappa shape index (κ2) is 5.08. The van der Waals surface area contributed by atoms with Crippen LogP contribution in [0.5, 0.6) is 0 Å². The van der Waals surface area contributed by atoms with E-state index in [1.165, 1.54) is 51.4 Å². The molecule has 0 aliphatic heterocycles. The van der Waals surface area contributed by atoms with Crippen molar-refractivity contribution < 1.29 is 0 Å². The van der Waals surface area contributed by atoms with Gasteiger partial charge in [0.2, 0.25) is 0 Å². The van der Waals surface area contributed by atoms with E-state index < -0.39 is 0 Å². The normalized spacial score (nSPS) is 29.4. The van der Waals surface area contributed by atoms with E-state index in [1.54, 1.807) is 0 Å². The quantitative estimate of drug-likeness (QED) is 0.707. The Morgan fingerprint density at radius 3 is 2.06 bits per heavy atom. The monoisotopic (exact) mass is 223 g/mol. The van der Waals surface area contributed by atoms with Crippen LogP contribution in [-0.4, -0.2) is 12.1 Å². The van der Waals surface area contributed by atoms with Crippen LogP contribution in [0.4, 0.5) is 0 Å². The molecule has 2 saturated carbocycles. The van der Waals surface area contributed by atoms with Crippen molar-refractivity contribution in [2.24, 2.45) is 11.3 Å². The smallest absolute Gasteiger partial charge is 0.00951 e. The van der Waals surface area contributed by atoms with Crippen molar-refractivity contribution in [2.45, 2.75) is 84.2 Å². The summed E-state index contributed by atoms with van der Waals surface area (Å²) in [7, 11) is 0. The SMILES string of the molecule is CC(N[C@@H](C)C1CCCCCC1)C1(C)CC1. The van der Waals surface area contributed by atoms with Gasteiger partial charge in [-0.15, -0.1) is 0 Å². The molecule has 2 aliphatic carbocycles. The lowest BCUT2D eigenvalue weighted by molar-refractivity contribution is 0.272. The Hall–Kier alpha value is -0.0400. The average molecular weight is 223 g/mol. The van der Waals surface area contributed by atoms with Gasteiger partial charge in [0.1, 0.15) is 0 Å². The van der Waals surface area contributed by atoms with Crippen LogP contribution in [-0.2, 0) is 0 Å². The van der Waals surface area contributed by atoms with Gasteiger partial charge in [-0.2, -0.15) is 0 Å². The van der Waals surface area contributed by atoms with Crippen LogP contribution in [0.15, 0.2) is 0 Å².